The molecule has 0 aromatic heterocycles. The highest BCUT2D eigenvalue weighted by molar-refractivity contribution is 5.94. The van der Waals surface area contributed by atoms with Crippen LogP contribution in [0.25, 0.3) is 0 Å². The van der Waals surface area contributed by atoms with E-state index in [0.29, 0.717) is 11.5 Å². The quantitative estimate of drug-likeness (QED) is 0.648. The fourth-order valence-corrected chi connectivity index (χ4v) is 2.15. The van der Waals surface area contributed by atoms with E-state index in [1.807, 2.05) is 6.21 Å². The molecule has 0 unspecified atom stereocenters. The number of hydrogen-bond acceptors (Lipinski definition) is 2. The average molecular weight is 248 g/mol. The van der Waals surface area contributed by atoms with Crippen LogP contribution in [0.15, 0.2) is 29.4 Å². The van der Waals surface area contributed by atoms with E-state index >= 15 is 0 Å². The molecule has 1 aromatic carbocycles. The van der Waals surface area contributed by atoms with Crippen LogP contribution in [0.3, 0.4) is 0 Å². The molecule has 0 bridgehead atoms. The van der Waals surface area contributed by atoms with Gasteiger partial charge in [0.1, 0.15) is 5.82 Å². The highest BCUT2D eigenvalue weighted by Crippen LogP contribution is 2.21. The van der Waals surface area contributed by atoms with E-state index in [2.05, 4.69) is 10.5 Å². The fraction of sp³-hybridized carbons (Fsp3) is 0.429. The summed E-state index contributed by atoms with van der Waals surface area (Å²) in [5, 5.41) is 3.98. The molecule has 0 saturated heterocycles. The van der Waals surface area contributed by atoms with E-state index in [1.165, 1.54) is 43.5 Å². The van der Waals surface area contributed by atoms with E-state index < -0.39 is 0 Å². The maximum Gasteiger partial charge on any atom is 0.271 e. The Labute approximate surface area is 106 Å². The van der Waals surface area contributed by atoms with Gasteiger partial charge >= 0.3 is 0 Å². The van der Waals surface area contributed by atoms with Crippen molar-refractivity contribution in [3.8, 4) is 0 Å². The molecule has 2 rings (SSSR count). The van der Waals surface area contributed by atoms with E-state index in [4.69, 9.17) is 0 Å². The summed E-state index contributed by atoms with van der Waals surface area (Å²) in [5.74, 6) is -0.174. The molecule has 0 spiro atoms. The predicted octanol–water partition coefficient (Wildman–Crippen LogP) is 3.12. The molecule has 3 nitrogen and oxygen atoms in total. The second-order valence-electron chi connectivity index (χ2n) is 4.62. The summed E-state index contributed by atoms with van der Waals surface area (Å²) in [6, 6.07) is 5.42. The predicted molar refractivity (Wildman–Crippen MR) is 68.9 cm³/mol. The number of carbonyl (C=O) groups is 1. The van der Waals surface area contributed by atoms with E-state index in [1.54, 1.807) is 0 Å². The number of nitrogens with one attached hydrogen (secondary N) is 1. The molecule has 1 N–H and O–H groups in total. The van der Waals surface area contributed by atoms with Crippen molar-refractivity contribution < 1.29 is 9.18 Å². The van der Waals surface area contributed by atoms with Crippen LogP contribution in [0.4, 0.5) is 4.39 Å². The molecule has 1 aliphatic rings. The maximum absolute atomic E-state index is 12.7. The number of nitrogens with zero attached hydrogens (tertiary/aromatic N) is 1. The van der Waals surface area contributed by atoms with Gasteiger partial charge in [-0.1, -0.05) is 19.3 Å². The first-order valence-corrected chi connectivity index (χ1v) is 6.35. The average Bonchev–Trinajstić information content (AvgIpc) is 2.40. The Morgan fingerprint density at radius 2 is 1.89 bits per heavy atom. The van der Waals surface area contributed by atoms with Crippen LogP contribution in [0.2, 0.25) is 0 Å². The lowest BCUT2D eigenvalue weighted by atomic mass is 9.90. The molecule has 96 valence electrons. The van der Waals surface area contributed by atoms with Gasteiger partial charge in [-0.3, -0.25) is 4.79 Å². The number of benzene rings is 1. The SMILES string of the molecule is O=C(NN=CC1CCCCC1)c1ccc(F)cc1. The number of hydrogen-bond donors (Lipinski definition) is 1. The van der Waals surface area contributed by atoms with Gasteiger partial charge in [0.15, 0.2) is 0 Å². The molecule has 1 amide bonds. The van der Waals surface area contributed by atoms with Crippen LogP contribution in [-0.2, 0) is 0 Å². The Hall–Kier alpha value is -1.71. The van der Waals surface area contributed by atoms with E-state index in [0.717, 1.165) is 12.8 Å². The van der Waals surface area contributed by atoms with Crippen molar-refractivity contribution in [3.05, 3.63) is 35.6 Å². The third-order valence-corrected chi connectivity index (χ3v) is 3.21. The Balaban J connectivity index is 1.83. The zero-order valence-corrected chi connectivity index (χ0v) is 10.2. The minimum absolute atomic E-state index is 0.304. The van der Waals surface area contributed by atoms with Gasteiger partial charge in [-0.05, 0) is 43.0 Å². The summed E-state index contributed by atoms with van der Waals surface area (Å²) < 4.78 is 12.7. The number of halogens is 1. The highest BCUT2D eigenvalue weighted by Gasteiger charge is 2.11. The van der Waals surface area contributed by atoms with Gasteiger partial charge in [0.25, 0.3) is 5.91 Å². The van der Waals surface area contributed by atoms with Crippen molar-refractivity contribution in [1.82, 2.24) is 5.43 Å². The third kappa shape index (κ3) is 3.65. The minimum Gasteiger partial charge on any atom is -0.267 e. The zero-order valence-electron chi connectivity index (χ0n) is 10.2. The van der Waals surface area contributed by atoms with Gasteiger partial charge in [0.05, 0.1) is 0 Å². The van der Waals surface area contributed by atoms with Crippen molar-refractivity contribution in [2.75, 3.05) is 0 Å². The lowest BCUT2D eigenvalue weighted by Gasteiger charge is -2.16. The molecule has 4 heteroatoms. The van der Waals surface area contributed by atoms with Crippen LogP contribution in [0.1, 0.15) is 42.5 Å². The second-order valence-corrected chi connectivity index (χ2v) is 4.62. The second kappa shape index (κ2) is 6.28. The monoisotopic (exact) mass is 248 g/mol. The first kappa shape index (κ1) is 12.7. The molecule has 1 aliphatic carbocycles. The summed E-state index contributed by atoms with van der Waals surface area (Å²) in [6.07, 6.45) is 7.89. The Morgan fingerprint density at radius 3 is 2.56 bits per heavy atom. The van der Waals surface area contributed by atoms with Gasteiger partial charge in [0.2, 0.25) is 0 Å². The standard InChI is InChI=1S/C14H17FN2O/c15-13-8-6-12(7-9-13)14(18)17-16-10-11-4-2-1-3-5-11/h6-11H,1-5H2,(H,17,18). The first-order valence-electron chi connectivity index (χ1n) is 6.35. The normalized spacial score (nSPS) is 16.9. The molecular formula is C14H17FN2O. The Morgan fingerprint density at radius 1 is 1.22 bits per heavy atom. The largest absolute Gasteiger partial charge is 0.271 e. The van der Waals surface area contributed by atoms with Gasteiger partial charge in [-0.2, -0.15) is 5.10 Å². The Bertz CT molecular complexity index is 422. The van der Waals surface area contributed by atoms with Crippen molar-refractivity contribution in [2.24, 2.45) is 11.0 Å². The molecule has 0 radical (unpaired) electrons. The van der Waals surface area contributed by atoms with Crippen molar-refractivity contribution in [2.45, 2.75) is 32.1 Å². The molecule has 1 fully saturated rings. The molecular weight excluding hydrogens is 231 g/mol. The minimum atomic E-state index is -0.350. The molecule has 1 aromatic rings. The lowest BCUT2D eigenvalue weighted by molar-refractivity contribution is 0.0955. The van der Waals surface area contributed by atoms with Crippen LogP contribution in [-0.4, -0.2) is 12.1 Å². The van der Waals surface area contributed by atoms with Crippen LogP contribution in [0, 0.1) is 11.7 Å². The maximum atomic E-state index is 12.7. The van der Waals surface area contributed by atoms with E-state index in [-0.39, 0.29) is 11.7 Å². The molecule has 0 aliphatic heterocycles. The molecule has 18 heavy (non-hydrogen) atoms. The number of carbonyl (C=O) groups excluding carboxylic acids is 1. The highest BCUT2D eigenvalue weighted by atomic mass is 19.1. The van der Waals surface area contributed by atoms with E-state index in [9.17, 15) is 9.18 Å². The first-order chi connectivity index (χ1) is 8.75. The number of amides is 1. The third-order valence-electron chi connectivity index (χ3n) is 3.21. The van der Waals surface area contributed by atoms with Crippen molar-refractivity contribution in [1.29, 1.82) is 0 Å². The Kier molecular flexibility index (Phi) is 4.45. The van der Waals surface area contributed by atoms with Crippen LogP contribution in [0.5, 0.6) is 0 Å². The summed E-state index contributed by atoms with van der Waals surface area (Å²) in [7, 11) is 0. The summed E-state index contributed by atoms with van der Waals surface area (Å²) >= 11 is 0. The lowest BCUT2D eigenvalue weighted by Crippen LogP contribution is -2.19. The summed E-state index contributed by atoms with van der Waals surface area (Å²) in [6.45, 7) is 0. The molecule has 0 atom stereocenters. The van der Waals surface area contributed by atoms with Gasteiger partial charge in [-0.25, -0.2) is 9.82 Å². The fourth-order valence-electron chi connectivity index (χ4n) is 2.15. The number of hydrazone groups is 1. The summed E-state index contributed by atoms with van der Waals surface area (Å²) in [5.41, 5.74) is 2.89. The smallest absolute Gasteiger partial charge is 0.267 e. The van der Waals surface area contributed by atoms with Crippen molar-refractivity contribution in [3.63, 3.8) is 0 Å². The molecule has 0 heterocycles. The van der Waals surface area contributed by atoms with Gasteiger partial charge in [0, 0.05) is 11.8 Å². The van der Waals surface area contributed by atoms with Crippen LogP contribution < -0.4 is 5.43 Å². The van der Waals surface area contributed by atoms with Crippen LogP contribution >= 0.6 is 0 Å². The zero-order chi connectivity index (χ0) is 12.8. The van der Waals surface area contributed by atoms with Crippen molar-refractivity contribution >= 4 is 12.1 Å². The number of rotatable bonds is 3. The van der Waals surface area contributed by atoms with Gasteiger partial charge in [-0.15, -0.1) is 0 Å². The topological polar surface area (TPSA) is 41.5 Å². The molecule has 1 saturated carbocycles. The summed E-state index contributed by atoms with van der Waals surface area (Å²) in [4.78, 5) is 11.7. The van der Waals surface area contributed by atoms with Gasteiger partial charge < -0.3 is 0 Å².